The molecule has 24 heavy (non-hydrogen) atoms. The van der Waals surface area contributed by atoms with E-state index in [1.54, 1.807) is 4.90 Å². The van der Waals surface area contributed by atoms with Gasteiger partial charge in [0.15, 0.2) is 0 Å². The quantitative estimate of drug-likeness (QED) is 0.925. The minimum Gasteiger partial charge on any atom is -0.312 e. The predicted molar refractivity (Wildman–Crippen MR) is 94.3 cm³/mol. The van der Waals surface area contributed by atoms with Gasteiger partial charge >= 0.3 is 0 Å². The van der Waals surface area contributed by atoms with Crippen LogP contribution >= 0.6 is 11.3 Å². The first kappa shape index (κ1) is 16.6. The first-order valence-electron chi connectivity index (χ1n) is 7.95. The van der Waals surface area contributed by atoms with E-state index in [4.69, 9.17) is 0 Å². The van der Waals surface area contributed by atoms with Crippen LogP contribution in [0.3, 0.4) is 0 Å². The Morgan fingerprint density at radius 1 is 1.29 bits per heavy atom. The Balaban J connectivity index is 1.66. The Hall–Kier alpha value is -2.28. The molecule has 6 nitrogen and oxygen atoms in total. The number of benzene rings is 1. The van der Waals surface area contributed by atoms with Crippen LogP contribution in [-0.2, 0) is 9.59 Å². The largest absolute Gasteiger partial charge is 0.312 e. The second-order valence-electron chi connectivity index (χ2n) is 6.33. The average Bonchev–Trinajstić information content (AvgIpc) is 3.15. The minimum absolute atomic E-state index is 0.0286. The van der Waals surface area contributed by atoms with Gasteiger partial charge in [-0.15, -0.1) is 10.2 Å². The number of nitrogens with zero attached hydrogens (tertiary/aromatic N) is 3. The van der Waals surface area contributed by atoms with Crippen molar-refractivity contribution in [1.82, 2.24) is 10.2 Å². The van der Waals surface area contributed by atoms with Crippen LogP contribution in [0.4, 0.5) is 10.8 Å². The summed E-state index contributed by atoms with van der Waals surface area (Å²) in [5, 5.41) is 12.2. The number of hydrogen-bond donors (Lipinski definition) is 1. The average molecular weight is 344 g/mol. The van der Waals surface area contributed by atoms with Crippen molar-refractivity contribution in [2.24, 2.45) is 5.92 Å². The maximum atomic E-state index is 12.4. The normalized spacial score (nSPS) is 17.6. The second-order valence-corrected chi connectivity index (χ2v) is 7.34. The fraction of sp³-hybridized carbons (Fsp3) is 0.412. The van der Waals surface area contributed by atoms with E-state index < -0.39 is 0 Å². The van der Waals surface area contributed by atoms with Crippen LogP contribution in [-0.4, -0.2) is 28.6 Å². The van der Waals surface area contributed by atoms with Crippen LogP contribution in [0.1, 0.15) is 36.8 Å². The van der Waals surface area contributed by atoms with Crippen LogP contribution in [0.25, 0.3) is 0 Å². The third-order valence-corrected chi connectivity index (χ3v) is 5.15. The fourth-order valence-corrected chi connectivity index (χ4v) is 3.33. The van der Waals surface area contributed by atoms with E-state index in [0.29, 0.717) is 11.7 Å². The van der Waals surface area contributed by atoms with Gasteiger partial charge in [-0.2, -0.15) is 0 Å². The number of carbonyl (C=O) groups excluding carboxylic acids is 2. The number of aromatic nitrogens is 2. The standard InChI is InChI=1S/C17H20N4O2S/c1-10(2)16-19-20-17(24-16)18-15(23)12-8-14(22)21(9-12)13-6-4-11(3)5-7-13/h4-7,10,12H,8-9H2,1-3H3,(H,18,20,23)/t12-/m1/s1. The van der Waals surface area contributed by atoms with Gasteiger partial charge in [-0.1, -0.05) is 42.9 Å². The molecule has 0 spiro atoms. The van der Waals surface area contributed by atoms with Crippen molar-refractivity contribution in [1.29, 1.82) is 0 Å². The smallest absolute Gasteiger partial charge is 0.231 e. The van der Waals surface area contributed by atoms with Gasteiger partial charge < -0.3 is 10.2 Å². The molecule has 1 aliphatic heterocycles. The van der Waals surface area contributed by atoms with E-state index in [0.717, 1.165) is 16.3 Å². The Bertz CT molecular complexity index is 754. The van der Waals surface area contributed by atoms with Gasteiger partial charge in [0, 0.05) is 24.6 Å². The summed E-state index contributed by atoms with van der Waals surface area (Å²) in [6, 6.07) is 7.75. The maximum Gasteiger partial charge on any atom is 0.231 e. The van der Waals surface area contributed by atoms with Crippen molar-refractivity contribution in [3.63, 3.8) is 0 Å². The van der Waals surface area contributed by atoms with Crippen molar-refractivity contribution in [2.45, 2.75) is 33.1 Å². The van der Waals surface area contributed by atoms with Gasteiger partial charge in [-0.25, -0.2) is 0 Å². The molecule has 126 valence electrons. The molecule has 0 unspecified atom stereocenters. The van der Waals surface area contributed by atoms with Gasteiger partial charge in [0.1, 0.15) is 5.01 Å². The number of carbonyl (C=O) groups is 2. The summed E-state index contributed by atoms with van der Waals surface area (Å²) in [5.74, 6) is -0.299. The third-order valence-electron chi connectivity index (χ3n) is 4.01. The minimum atomic E-state index is -0.370. The molecular weight excluding hydrogens is 324 g/mol. The molecule has 1 aliphatic rings. The summed E-state index contributed by atoms with van der Waals surface area (Å²) in [6.45, 7) is 6.45. The fourth-order valence-electron chi connectivity index (χ4n) is 2.58. The molecule has 1 aromatic carbocycles. The summed E-state index contributed by atoms with van der Waals surface area (Å²) in [7, 11) is 0. The van der Waals surface area contributed by atoms with Gasteiger partial charge in [-0.3, -0.25) is 9.59 Å². The zero-order chi connectivity index (χ0) is 17.3. The van der Waals surface area contributed by atoms with Crippen molar-refractivity contribution in [3.8, 4) is 0 Å². The number of hydrogen-bond acceptors (Lipinski definition) is 5. The molecule has 1 saturated heterocycles. The van der Waals surface area contributed by atoms with Gasteiger partial charge in [0.25, 0.3) is 0 Å². The molecule has 0 radical (unpaired) electrons. The highest BCUT2D eigenvalue weighted by Crippen LogP contribution is 2.27. The molecule has 2 amide bonds. The van der Waals surface area contributed by atoms with E-state index in [2.05, 4.69) is 15.5 Å². The molecule has 0 bridgehead atoms. The molecule has 3 rings (SSSR count). The number of anilines is 2. The number of amides is 2. The lowest BCUT2D eigenvalue weighted by Gasteiger charge is -2.16. The van der Waals surface area contributed by atoms with Crippen LogP contribution in [0.15, 0.2) is 24.3 Å². The van der Waals surface area contributed by atoms with Gasteiger partial charge in [-0.05, 0) is 19.1 Å². The Kier molecular flexibility index (Phi) is 4.62. The van der Waals surface area contributed by atoms with E-state index >= 15 is 0 Å². The molecular formula is C17H20N4O2S. The predicted octanol–water partition coefficient (Wildman–Crippen LogP) is 2.96. The molecule has 1 atom stereocenters. The molecule has 2 heterocycles. The van der Waals surface area contributed by atoms with Crippen molar-refractivity contribution in [3.05, 3.63) is 34.8 Å². The van der Waals surface area contributed by atoms with Crippen LogP contribution in [0.5, 0.6) is 0 Å². The number of rotatable bonds is 4. The molecule has 1 fully saturated rings. The van der Waals surface area contributed by atoms with E-state index in [1.807, 2.05) is 45.0 Å². The summed E-state index contributed by atoms with van der Waals surface area (Å²) in [5.41, 5.74) is 1.97. The summed E-state index contributed by atoms with van der Waals surface area (Å²) in [4.78, 5) is 26.3. The third kappa shape index (κ3) is 3.46. The zero-order valence-electron chi connectivity index (χ0n) is 13.9. The lowest BCUT2D eigenvalue weighted by molar-refractivity contribution is -0.122. The monoisotopic (exact) mass is 344 g/mol. The van der Waals surface area contributed by atoms with E-state index in [-0.39, 0.29) is 30.1 Å². The van der Waals surface area contributed by atoms with E-state index in [9.17, 15) is 9.59 Å². The van der Waals surface area contributed by atoms with E-state index in [1.165, 1.54) is 11.3 Å². The highest BCUT2D eigenvalue weighted by Gasteiger charge is 2.35. The Labute approximate surface area is 144 Å². The van der Waals surface area contributed by atoms with Crippen LogP contribution in [0, 0.1) is 12.8 Å². The molecule has 7 heteroatoms. The second kappa shape index (κ2) is 6.68. The zero-order valence-corrected chi connectivity index (χ0v) is 14.8. The molecule has 1 N–H and O–H groups in total. The molecule has 2 aromatic rings. The molecule has 1 aromatic heterocycles. The summed E-state index contributed by atoms with van der Waals surface area (Å²) in [6.07, 6.45) is 0.218. The van der Waals surface area contributed by atoms with Gasteiger partial charge in [0.05, 0.1) is 5.92 Å². The van der Waals surface area contributed by atoms with Crippen molar-refractivity contribution < 1.29 is 9.59 Å². The Morgan fingerprint density at radius 3 is 2.62 bits per heavy atom. The van der Waals surface area contributed by atoms with Crippen molar-refractivity contribution >= 4 is 34.0 Å². The van der Waals surface area contributed by atoms with Crippen LogP contribution < -0.4 is 10.2 Å². The number of nitrogens with one attached hydrogen (secondary N) is 1. The summed E-state index contributed by atoms with van der Waals surface area (Å²) >= 11 is 1.37. The highest BCUT2D eigenvalue weighted by atomic mass is 32.1. The molecule has 0 saturated carbocycles. The lowest BCUT2D eigenvalue weighted by Crippen LogP contribution is -2.28. The van der Waals surface area contributed by atoms with Crippen molar-refractivity contribution in [2.75, 3.05) is 16.8 Å². The Morgan fingerprint density at radius 2 is 2.00 bits per heavy atom. The first-order valence-corrected chi connectivity index (χ1v) is 8.77. The molecule has 0 aliphatic carbocycles. The topological polar surface area (TPSA) is 75.2 Å². The highest BCUT2D eigenvalue weighted by molar-refractivity contribution is 7.15. The first-order chi connectivity index (χ1) is 11.4. The number of aryl methyl sites for hydroxylation is 1. The van der Waals surface area contributed by atoms with Crippen LogP contribution in [0.2, 0.25) is 0 Å². The summed E-state index contributed by atoms with van der Waals surface area (Å²) < 4.78 is 0. The maximum absolute atomic E-state index is 12.4. The lowest BCUT2D eigenvalue weighted by atomic mass is 10.1. The SMILES string of the molecule is Cc1ccc(N2C[C@H](C(=O)Nc3nnc(C(C)C)s3)CC2=O)cc1. The van der Waals surface area contributed by atoms with Gasteiger partial charge in [0.2, 0.25) is 16.9 Å².